The molecular weight excluding hydrogens is 198 g/mol. The summed E-state index contributed by atoms with van der Waals surface area (Å²) in [5.41, 5.74) is 4.32. The van der Waals surface area contributed by atoms with Gasteiger partial charge in [-0.1, -0.05) is 13.3 Å². The fraction of sp³-hybridized carbons (Fsp3) is 0.769. The third kappa shape index (κ3) is 2.01. The highest BCUT2D eigenvalue weighted by Crippen LogP contribution is 2.25. The first-order chi connectivity index (χ1) is 7.54. The number of nitrogens with zero attached hydrogens (tertiary/aromatic N) is 2. The van der Waals surface area contributed by atoms with Gasteiger partial charge in [0.05, 0.1) is 11.2 Å². The van der Waals surface area contributed by atoms with Crippen LogP contribution >= 0.6 is 0 Å². The smallest absolute Gasteiger partial charge is 0.0672 e. The summed E-state index contributed by atoms with van der Waals surface area (Å²) < 4.78 is 2.24. The first kappa shape index (κ1) is 11.6. The van der Waals surface area contributed by atoms with Crippen molar-refractivity contribution in [2.24, 2.45) is 0 Å². The molecule has 1 N–H and O–H groups in total. The van der Waals surface area contributed by atoms with Gasteiger partial charge >= 0.3 is 0 Å². The molecule has 0 saturated heterocycles. The Labute approximate surface area is 98.2 Å². The van der Waals surface area contributed by atoms with Gasteiger partial charge in [0.15, 0.2) is 0 Å². The van der Waals surface area contributed by atoms with Gasteiger partial charge in [0.1, 0.15) is 0 Å². The minimum absolute atomic E-state index is 0.105. The second kappa shape index (κ2) is 4.21. The standard InChI is InChI=1S/C13H23N3/c1-5-6-11-10-9-14-8-7-12(10)16(15-11)13(2,3)4/h14H,5-9H2,1-4H3. The zero-order chi connectivity index (χ0) is 11.8. The minimum Gasteiger partial charge on any atom is -0.312 e. The van der Waals surface area contributed by atoms with Crippen molar-refractivity contribution in [1.82, 2.24) is 15.1 Å². The third-order valence-electron chi connectivity index (χ3n) is 3.14. The Kier molecular flexibility index (Phi) is 3.06. The molecule has 0 aromatic carbocycles. The van der Waals surface area contributed by atoms with Gasteiger partial charge in [-0.25, -0.2) is 0 Å². The van der Waals surface area contributed by atoms with Crippen LogP contribution in [0.25, 0.3) is 0 Å². The summed E-state index contributed by atoms with van der Waals surface area (Å²) in [5, 5.41) is 8.28. The molecule has 0 fully saturated rings. The third-order valence-corrected chi connectivity index (χ3v) is 3.14. The van der Waals surface area contributed by atoms with Crippen molar-refractivity contribution in [3.8, 4) is 0 Å². The molecule has 1 aliphatic heterocycles. The molecule has 0 bridgehead atoms. The number of aryl methyl sites for hydroxylation is 1. The van der Waals surface area contributed by atoms with Crippen LogP contribution in [-0.4, -0.2) is 16.3 Å². The summed E-state index contributed by atoms with van der Waals surface area (Å²) in [7, 11) is 0. The van der Waals surface area contributed by atoms with E-state index in [0.29, 0.717) is 0 Å². The molecule has 3 nitrogen and oxygen atoms in total. The second-order valence-corrected chi connectivity index (χ2v) is 5.63. The number of hydrogen-bond donors (Lipinski definition) is 1. The molecule has 1 aromatic rings. The maximum atomic E-state index is 4.83. The predicted octanol–water partition coefficient (Wildman–Crippen LogP) is 2.24. The lowest BCUT2D eigenvalue weighted by Crippen LogP contribution is -2.30. The molecule has 0 atom stereocenters. The Hall–Kier alpha value is -0.830. The van der Waals surface area contributed by atoms with Crippen molar-refractivity contribution < 1.29 is 0 Å². The number of aromatic nitrogens is 2. The first-order valence-corrected chi connectivity index (χ1v) is 6.35. The molecule has 0 radical (unpaired) electrons. The highest BCUT2D eigenvalue weighted by Gasteiger charge is 2.25. The number of fused-ring (bicyclic) bond motifs is 1. The van der Waals surface area contributed by atoms with Crippen LogP contribution in [0.15, 0.2) is 0 Å². The monoisotopic (exact) mass is 221 g/mol. The average Bonchev–Trinajstić information content (AvgIpc) is 2.58. The van der Waals surface area contributed by atoms with Crippen LogP contribution in [-0.2, 0) is 24.9 Å². The van der Waals surface area contributed by atoms with Gasteiger partial charge in [-0.15, -0.1) is 0 Å². The molecule has 0 amide bonds. The number of hydrogen-bond acceptors (Lipinski definition) is 2. The molecule has 90 valence electrons. The normalized spacial score (nSPS) is 16.2. The Morgan fingerprint density at radius 1 is 1.38 bits per heavy atom. The molecule has 2 heterocycles. The highest BCUT2D eigenvalue weighted by atomic mass is 15.3. The van der Waals surface area contributed by atoms with Crippen molar-refractivity contribution in [3.05, 3.63) is 17.0 Å². The van der Waals surface area contributed by atoms with E-state index in [1.54, 1.807) is 0 Å². The van der Waals surface area contributed by atoms with Crippen LogP contribution in [0.5, 0.6) is 0 Å². The SMILES string of the molecule is CCCc1nn(C(C)(C)C)c2c1CNCC2. The van der Waals surface area contributed by atoms with Gasteiger partial charge in [0.25, 0.3) is 0 Å². The van der Waals surface area contributed by atoms with E-state index in [-0.39, 0.29) is 5.54 Å². The van der Waals surface area contributed by atoms with Crippen molar-refractivity contribution in [1.29, 1.82) is 0 Å². The van der Waals surface area contributed by atoms with E-state index in [1.807, 2.05) is 0 Å². The molecule has 0 unspecified atom stereocenters. The maximum absolute atomic E-state index is 4.83. The van der Waals surface area contributed by atoms with Crippen LogP contribution in [0.2, 0.25) is 0 Å². The molecule has 0 saturated carbocycles. The molecule has 1 aliphatic rings. The lowest BCUT2D eigenvalue weighted by Gasteiger charge is -2.24. The summed E-state index contributed by atoms with van der Waals surface area (Å²) >= 11 is 0. The van der Waals surface area contributed by atoms with Crippen molar-refractivity contribution >= 4 is 0 Å². The molecule has 1 aromatic heterocycles. The number of rotatable bonds is 2. The van der Waals surface area contributed by atoms with E-state index >= 15 is 0 Å². The Morgan fingerprint density at radius 2 is 2.12 bits per heavy atom. The minimum atomic E-state index is 0.105. The van der Waals surface area contributed by atoms with Crippen LogP contribution in [0, 0.1) is 0 Å². The summed E-state index contributed by atoms with van der Waals surface area (Å²) in [6.07, 6.45) is 3.39. The molecule has 0 aliphatic carbocycles. The summed E-state index contributed by atoms with van der Waals surface area (Å²) in [5.74, 6) is 0. The summed E-state index contributed by atoms with van der Waals surface area (Å²) in [4.78, 5) is 0. The Bertz CT molecular complexity index is 371. The van der Waals surface area contributed by atoms with Gasteiger partial charge in [0, 0.05) is 30.8 Å². The Balaban J connectivity index is 2.46. The van der Waals surface area contributed by atoms with E-state index in [1.165, 1.54) is 23.4 Å². The molecule has 3 heteroatoms. The van der Waals surface area contributed by atoms with Crippen molar-refractivity contribution in [2.75, 3.05) is 6.54 Å². The average molecular weight is 221 g/mol. The highest BCUT2D eigenvalue weighted by molar-refractivity contribution is 5.29. The number of nitrogens with one attached hydrogen (secondary N) is 1. The fourth-order valence-electron chi connectivity index (χ4n) is 2.41. The van der Waals surface area contributed by atoms with Crippen molar-refractivity contribution in [3.63, 3.8) is 0 Å². The van der Waals surface area contributed by atoms with Gasteiger partial charge in [-0.05, 0) is 27.2 Å². The molecule has 2 rings (SSSR count). The van der Waals surface area contributed by atoms with Crippen LogP contribution < -0.4 is 5.32 Å². The summed E-state index contributed by atoms with van der Waals surface area (Å²) in [6, 6.07) is 0. The van der Waals surface area contributed by atoms with E-state index < -0.39 is 0 Å². The van der Waals surface area contributed by atoms with E-state index in [2.05, 4.69) is 37.7 Å². The van der Waals surface area contributed by atoms with Gasteiger partial charge in [-0.3, -0.25) is 4.68 Å². The maximum Gasteiger partial charge on any atom is 0.0672 e. The van der Waals surface area contributed by atoms with E-state index in [0.717, 1.165) is 25.9 Å². The van der Waals surface area contributed by atoms with Gasteiger partial charge < -0.3 is 5.32 Å². The predicted molar refractivity (Wildman–Crippen MR) is 66.6 cm³/mol. The molecule has 0 spiro atoms. The van der Waals surface area contributed by atoms with Crippen LogP contribution in [0.1, 0.15) is 51.1 Å². The first-order valence-electron chi connectivity index (χ1n) is 6.35. The van der Waals surface area contributed by atoms with Gasteiger partial charge in [-0.2, -0.15) is 5.10 Å². The summed E-state index contributed by atoms with van der Waals surface area (Å²) in [6.45, 7) is 11.0. The van der Waals surface area contributed by atoms with Crippen molar-refractivity contribution in [2.45, 2.75) is 59.0 Å². The second-order valence-electron chi connectivity index (χ2n) is 5.63. The lowest BCUT2D eigenvalue weighted by molar-refractivity contribution is 0.338. The zero-order valence-electron chi connectivity index (χ0n) is 10.9. The largest absolute Gasteiger partial charge is 0.312 e. The van der Waals surface area contributed by atoms with E-state index in [9.17, 15) is 0 Å². The topological polar surface area (TPSA) is 29.9 Å². The fourth-order valence-corrected chi connectivity index (χ4v) is 2.41. The Morgan fingerprint density at radius 3 is 2.75 bits per heavy atom. The van der Waals surface area contributed by atoms with Crippen LogP contribution in [0.4, 0.5) is 0 Å². The van der Waals surface area contributed by atoms with E-state index in [4.69, 9.17) is 5.10 Å². The van der Waals surface area contributed by atoms with Crippen LogP contribution in [0.3, 0.4) is 0 Å². The molecular formula is C13H23N3. The quantitative estimate of drug-likeness (QED) is 0.830. The zero-order valence-corrected chi connectivity index (χ0v) is 10.9. The lowest BCUT2D eigenvalue weighted by atomic mass is 10.0. The molecule has 16 heavy (non-hydrogen) atoms. The van der Waals surface area contributed by atoms with Gasteiger partial charge in [0.2, 0.25) is 0 Å².